The summed E-state index contributed by atoms with van der Waals surface area (Å²) in [5.41, 5.74) is -0.699. The lowest BCUT2D eigenvalue weighted by Crippen LogP contribution is -2.51. The van der Waals surface area contributed by atoms with E-state index < -0.39 is 30.1 Å². The van der Waals surface area contributed by atoms with Gasteiger partial charge in [-0.05, 0) is 27.2 Å². The number of hydrogen-bond donors (Lipinski definition) is 0. The van der Waals surface area contributed by atoms with Crippen LogP contribution in [0.3, 0.4) is 0 Å². The molecular weight excluding hydrogens is 242 g/mol. The summed E-state index contributed by atoms with van der Waals surface area (Å²) >= 11 is 0. The molecule has 1 unspecified atom stereocenters. The highest BCUT2D eigenvalue weighted by Crippen LogP contribution is 2.35. The Morgan fingerprint density at radius 1 is 1.56 bits per heavy atom. The maximum absolute atomic E-state index is 13.7. The van der Waals surface area contributed by atoms with Gasteiger partial charge >= 0.3 is 6.09 Å². The molecule has 1 saturated heterocycles. The summed E-state index contributed by atoms with van der Waals surface area (Å²) in [7, 11) is 0. The number of amides is 1. The Morgan fingerprint density at radius 3 is 2.61 bits per heavy atom. The zero-order chi connectivity index (χ0) is 14.0. The molecule has 0 bridgehead atoms. The molecule has 0 spiro atoms. The molecule has 6 heteroatoms. The molecule has 0 aromatic carbocycles. The Balaban J connectivity index is 2.64. The zero-order valence-electron chi connectivity index (χ0n) is 10.9. The van der Waals surface area contributed by atoms with E-state index in [9.17, 15) is 13.6 Å². The molecule has 0 radical (unpaired) electrons. The van der Waals surface area contributed by atoms with Crippen LogP contribution in [0.25, 0.3) is 0 Å². The first-order chi connectivity index (χ1) is 8.15. The van der Waals surface area contributed by atoms with Gasteiger partial charge in [-0.15, -0.1) is 0 Å². The third-order valence-corrected chi connectivity index (χ3v) is 2.74. The Labute approximate surface area is 106 Å². The van der Waals surface area contributed by atoms with Crippen LogP contribution in [0.15, 0.2) is 0 Å². The average molecular weight is 260 g/mol. The van der Waals surface area contributed by atoms with Gasteiger partial charge in [-0.1, -0.05) is 0 Å². The van der Waals surface area contributed by atoms with Gasteiger partial charge in [0.05, 0.1) is 12.6 Å². The fourth-order valence-electron chi connectivity index (χ4n) is 1.83. The molecule has 4 nitrogen and oxygen atoms in total. The highest BCUT2D eigenvalue weighted by Gasteiger charge is 2.46. The van der Waals surface area contributed by atoms with Crippen molar-refractivity contribution in [1.82, 2.24) is 4.90 Å². The van der Waals surface area contributed by atoms with Gasteiger partial charge in [-0.3, -0.25) is 0 Å². The standard InChI is InChI=1S/C12H18F2N2O2/c1-11(2,3)18-10(17)16-7-5-9(4-6-15)12(13,14)8-16/h9H,4-5,7-8H2,1-3H3. The molecule has 0 saturated carbocycles. The molecule has 0 aromatic heterocycles. The van der Waals surface area contributed by atoms with E-state index in [0.717, 1.165) is 4.90 Å². The number of carbonyl (C=O) groups excluding carboxylic acids is 1. The predicted octanol–water partition coefficient (Wildman–Crippen LogP) is 2.79. The fourth-order valence-corrected chi connectivity index (χ4v) is 1.83. The summed E-state index contributed by atoms with van der Waals surface area (Å²) in [6, 6.07) is 1.76. The largest absolute Gasteiger partial charge is 0.444 e. The topological polar surface area (TPSA) is 53.3 Å². The van der Waals surface area contributed by atoms with E-state index in [2.05, 4.69) is 0 Å². The van der Waals surface area contributed by atoms with Crippen LogP contribution >= 0.6 is 0 Å². The minimum Gasteiger partial charge on any atom is -0.444 e. The summed E-state index contributed by atoms with van der Waals surface area (Å²) in [5, 5.41) is 8.49. The van der Waals surface area contributed by atoms with E-state index in [1.807, 2.05) is 0 Å². The second kappa shape index (κ2) is 5.09. The molecule has 1 amide bonds. The van der Waals surface area contributed by atoms with Gasteiger partial charge in [0.25, 0.3) is 5.92 Å². The fraction of sp³-hybridized carbons (Fsp3) is 0.833. The first kappa shape index (κ1) is 14.7. The van der Waals surface area contributed by atoms with Crippen LogP contribution in [0.5, 0.6) is 0 Å². The average Bonchev–Trinajstić information content (AvgIpc) is 2.18. The van der Waals surface area contributed by atoms with Gasteiger partial charge in [0, 0.05) is 18.9 Å². The summed E-state index contributed by atoms with van der Waals surface area (Å²) in [4.78, 5) is 12.7. The molecule has 0 aliphatic carbocycles. The normalized spacial score (nSPS) is 23.3. The lowest BCUT2D eigenvalue weighted by atomic mass is 9.90. The number of ether oxygens (including phenoxy) is 1. The van der Waals surface area contributed by atoms with Crippen molar-refractivity contribution in [2.24, 2.45) is 5.92 Å². The van der Waals surface area contributed by atoms with Crippen molar-refractivity contribution in [2.45, 2.75) is 45.1 Å². The molecule has 1 fully saturated rings. The maximum Gasteiger partial charge on any atom is 0.410 e. The second-order valence-electron chi connectivity index (χ2n) is 5.51. The van der Waals surface area contributed by atoms with Crippen molar-refractivity contribution in [3.8, 4) is 6.07 Å². The molecule has 1 aliphatic rings. The zero-order valence-corrected chi connectivity index (χ0v) is 10.9. The summed E-state index contributed by atoms with van der Waals surface area (Å²) < 4.78 is 32.5. The number of hydrogen-bond acceptors (Lipinski definition) is 3. The van der Waals surface area contributed by atoms with Crippen molar-refractivity contribution in [2.75, 3.05) is 13.1 Å². The van der Waals surface area contributed by atoms with Crippen molar-refractivity contribution >= 4 is 6.09 Å². The molecule has 1 atom stereocenters. The highest BCUT2D eigenvalue weighted by molar-refractivity contribution is 5.68. The number of piperidine rings is 1. The smallest absolute Gasteiger partial charge is 0.410 e. The van der Waals surface area contributed by atoms with Crippen molar-refractivity contribution < 1.29 is 18.3 Å². The van der Waals surface area contributed by atoms with Gasteiger partial charge in [-0.25, -0.2) is 13.6 Å². The first-order valence-corrected chi connectivity index (χ1v) is 5.88. The van der Waals surface area contributed by atoms with Gasteiger partial charge < -0.3 is 9.64 Å². The molecular formula is C12H18F2N2O2. The number of nitrogens with zero attached hydrogens (tertiary/aromatic N) is 2. The van der Waals surface area contributed by atoms with E-state index in [0.29, 0.717) is 0 Å². The van der Waals surface area contributed by atoms with Gasteiger partial charge in [0.2, 0.25) is 0 Å². The number of likely N-dealkylation sites (tertiary alicyclic amines) is 1. The van der Waals surface area contributed by atoms with Gasteiger partial charge in [-0.2, -0.15) is 5.26 Å². The van der Waals surface area contributed by atoms with E-state index in [1.54, 1.807) is 26.8 Å². The van der Waals surface area contributed by atoms with E-state index >= 15 is 0 Å². The van der Waals surface area contributed by atoms with Crippen LogP contribution in [-0.2, 0) is 4.74 Å². The molecule has 102 valence electrons. The van der Waals surface area contributed by atoms with E-state index in [1.165, 1.54) is 0 Å². The number of alkyl halides is 2. The van der Waals surface area contributed by atoms with Crippen LogP contribution in [0.1, 0.15) is 33.6 Å². The molecule has 0 N–H and O–H groups in total. The Hall–Kier alpha value is -1.38. The van der Waals surface area contributed by atoms with Crippen molar-refractivity contribution in [3.05, 3.63) is 0 Å². The van der Waals surface area contributed by atoms with Gasteiger partial charge in [0.15, 0.2) is 0 Å². The van der Waals surface area contributed by atoms with Crippen LogP contribution in [-0.4, -0.2) is 35.6 Å². The van der Waals surface area contributed by atoms with E-state index in [4.69, 9.17) is 10.00 Å². The van der Waals surface area contributed by atoms with Crippen molar-refractivity contribution in [3.63, 3.8) is 0 Å². The number of carbonyl (C=O) groups is 1. The lowest BCUT2D eigenvalue weighted by molar-refractivity contribution is -0.108. The molecule has 0 aromatic rings. The maximum atomic E-state index is 13.7. The Kier molecular flexibility index (Phi) is 4.15. The quantitative estimate of drug-likeness (QED) is 0.728. The minimum atomic E-state index is -3.02. The van der Waals surface area contributed by atoms with Gasteiger partial charge in [0.1, 0.15) is 5.60 Å². The summed E-state index contributed by atoms with van der Waals surface area (Å²) in [5.74, 6) is -3.99. The highest BCUT2D eigenvalue weighted by atomic mass is 19.3. The first-order valence-electron chi connectivity index (χ1n) is 5.88. The second-order valence-corrected chi connectivity index (χ2v) is 5.51. The monoisotopic (exact) mass is 260 g/mol. The predicted molar refractivity (Wildman–Crippen MR) is 61.1 cm³/mol. The van der Waals surface area contributed by atoms with Crippen LogP contribution in [0.4, 0.5) is 13.6 Å². The molecule has 18 heavy (non-hydrogen) atoms. The van der Waals surface area contributed by atoms with Crippen molar-refractivity contribution in [1.29, 1.82) is 5.26 Å². The Morgan fingerprint density at radius 2 is 2.17 bits per heavy atom. The summed E-state index contributed by atoms with van der Waals surface area (Å²) in [6.45, 7) is 4.59. The van der Waals surface area contributed by atoms with Crippen LogP contribution < -0.4 is 0 Å². The third-order valence-electron chi connectivity index (χ3n) is 2.74. The molecule has 1 rings (SSSR count). The van der Waals surface area contributed by atoms with E-state index in [-0.39, 0.29) is 19.4 Å². The molecule has 1 heterocycles. The lowest BCUT2D eigenvalue weighted by Gasteiger charge is -2.37. The third kappa shape index (κ3) is 3.83. The van der Waals surface area contributed by atoms with Crippen LogP contribution in [0, 0.1) is 17.2 Å². The number of nitriles is 1. The number of rotatable bonds is 1. The minimum absolute atomic E-state index is 0.125. The summed E-state index contributed by atoms with van der Waals surface area (Å²) in [6.07, 6.45) is -0.785. The van der Waals surface area contributed by atoms with Crippen LogP contribution in [0.2, 0.25) is 0 Å². The Bertz CT molecular complexity index is 358. The SMILES string of the molecule is CC(C)(C)OC(=O)N1CCC(CC#N)C(F)(F)C1. The number of halogens is 2. The molecule has 1 aliphatic heterocycles.